The van der Waals surface area contributed by atoms with E-state index < -0.39 is 10.0 Å². The van der Waals surface area contributed by atoms with Crippen LogP contribution in [0, 0.1) is 0 Å². The van der Waals surface area contributed by atoms with Crippen LogP contribution >= 0.6 is 0 Å². The Morgan fingerprint density at radius 2 is 2.10 bits per heavy atom. The van der Waals surface area contributed by atoms with E-state index in [0.717, 1.165) is 19.3 Å². The first-order valence-electron chi connectivity index (χ1n) is 7.41. The van der Waals surface area contributed by atoms with E-state index in [9.17, 15) is 8.42 Å². The van der Waals surface area contributed by atoms with Crippen molar-refractivity contribution in [1.29, 1.82) is 0 Å². The predicted octanol–water partition coefficient (Wildman–Crippen LogP) is 2.09. The molecule has 0 spiro atoms. The fourth-order valence-corrected chi connectivity index (χ4v) is 4.30. The lowest BCUT2D eigenvalue weighted by molar-refractivity contribution is 0.260. The van der Waals surface area contributed by atoms with Gasteiger partial charge in [0.05, 0.1) is 6.54 Å². The van der Waals surface area contributed by atoms with Crippen molar-refractivity contribution in [1.82, 2.24) is 9.62 Å². The van der Waals surface area contributed by atoms with E-state index >= 15 is 0 Å². The minimum absolute atomic E-state index is 0.0619. The largest absolute Gasteiger partial charge is 0.447 e. The van der Waals surface area contributed by atoms with Gasteiger partial charge in [0.15, 0.2) is 0 Å². The van der Waals surface area contributed by atoms with Gasteiger partial charge in [-0.3, -0.25) is 0 Å². The predicted molar refractivity (Wildman–Crippen MR) is 75.8 cm³/mol. The Balaban J connectivity index is 1.72. The van der Waals surface area contributed by atoms with E-state index in [1.165, 1.54) is 12.8 Å². The summed E-state index contributed by atoms with van der Waals surface area (Å²) in [5.74, 6) is 0.695. The Morgan fingerprint density at radius 3 is 2.80 bits per heavy atom. The summed E-state index contributed by atoms with van der Waals surface area (Å²) >= 11 is 0. The molecule has 0 radical (unpaired) electrons. The second kappa shape index (κ2) is 5.50. The fraction of sp³-hybridized carbons (Fsp3) is 0.714. The maximum absolute atomic E-state index is 12.6. The highest BCUT2D eigenvalue weighted by Crippen LogP contribution is 2.26. The maximum Gasteiger partial charge on any atom is 0.276 e. The van der Waals surface area contributed by atoms with Crippen molar-refractivity contribution in [2.24, 2.45) is 0 Å². The monoisotopic (exact) mass is 298 g/mol. The van der Waals surface area contributed by atoms with E-state index in [2.05, 4.69) is 5.32 Å². The minimum Gasteiger partial charge on any atom is -0.447 e. The highest BCUT2D eigenvalue weighted by molar-refractivity contribution is 7.89. The van der Waals surface area contributed by atoms with Crippen molar-refractivity contribution in [2.45, 2.75) is 62.7 Å². The van der Waals surface area contributed by atoms with Crippen LogP contribution in [0.2, 0.25) is 0 Å². The topological polar surface area (TPSA) is 62.6 Å². The Morgan fingerprint density at radius 1 is 1.30 bits per heavy atom. The molecule has 1 saturated carbocycles. The average molecular weight is 298 g/mol. The fourth-order valence-electron chi connectivity index (χ4n) is 2.67. The van der Waals surface area contributed by atoms with E-state index in [0.29, 0.717) is 24.9 Å². The first-order chi connectivity index (χ1) is 9.57. The van der Waals surface area contributed by atoms with Gasteiger partial charge in [0, 0.05) is 18.6 Å². The molecule has 1 saturated heterocycles. The zero-order valence-electron chi connectivity index (χ0n) is 11.8. The highest BCUT2D eigenvalue weighted by atomic mass is 32.2. The molecular formula is C14H22N2O3S. The highest BCUT2D eigenvalue weighted by Gasteiger charge is 2.33. The second-order valence-corrected chi connectivity index (χ2v) is 7.66. The normalized spacial score (nSPS) is 24.9. The van der Waals surface area contributed by atoms with Gasteiger partial charge in [-0.2, -0.15) is 4.31 Å². The van der Waals surface area contributed by atoms with Crippen LogP contribution in [0.25, 0.3) is 0 Å². The lowest BCUT2D eigenvalue weighted by Gasteiger charge is -2.31. The first-order valence-corrected chi connectivity index (χ1v) is 8.85. The molecule has 1 aliphatic carbocycles. The summed E-state index contributed by atoms with van der Waals surface area (Å²) < 4.78 is 32.3. The third-order valence-electron chi connectivity index (χ3n) is 4.08. The zero-order chi connectivity index (χ0) is 14.2. The number of rotatable bonds is 5. The van der Waals surface area contributed by atoms with Gasteiger partial charge < -0.3 is 9.73 Å². The molecule has 1 aromatic rings. The Labute approximate surface area is 120 Å². The van der Waals surface area contributed by atoms with Crippen LogP contribution in [0.3, 0.4) is 0 Å². The number of furan rings is 1. The Bertz CT molecular complexity index is 563. The van der Waals surface area contributed by atoms with E-state index in [-0.39, 0.29) is 11.1 Å². The zero-order valence-corrected chi connectivity index (χ0v) is 12.7. The molecule has 6 heteroatoms. The summed E-state index contributed by atoms with van der Waals surface area (Å²) in [5, 5.41) is 3.41. The lowest BCUT2D eigenvalue weighted by atomic mass is 10.1. The third kappa shape index (κ3) is 2.92. The van der Waals surface area contributed by atoms with Crippen molar-refractivity contribution in [3.05, 3.63) is 17.9 Å². The van der Waals surface area contributed by atoms with Gasteiger partial charge in [-0.25, -0.2) is 8.42 Å². The van der Waals surface area contributed by atoms with Crippen molar-refractivity contribution in [2.75, 3.05) is 6.54 Å². The molecule has 2 aliphatic rings. The lowest BCUT2D eigenvalue weighted by Crippen LogP contribution is -2.41. The molecule has 20 heavy (non-hydrogen) atoms. The van der Waals surface area contributed by atoms with Crippen LogP contribution in [0.1, 0.15) is 44.8 Å². The standard InChI is InChI=1S/C14H22N2O3S/c1-11-4-2-3-9-16(11)20(17,18)14-8-7-13(19-14)10-15-12-5-6-12/h7-8,11-12,15H,2-6,9-10H2,1H3. The van der Waals surface area contributed by atoms with Crippen LogP contribution in [0.4, 0.5) is 0 Å². The minimum atomic E-state index is -3.47. The van der Waals surface area contributed by atoms with Gasteiger partial charge in [0.1, 0.15) is 5.76 Å². The molecule has 2 fully saturated rings. The smallest absolute Gasteiger partial charge is 0.276 e. The number of sulfonamides is 1. The molecule has 0 bridgehead atoms. The summed E-state index contributed by atoms with van der Waals surface area (Å²) in [6.45, 7) is 3.17. The molecule has 0 amide bonds. The summed E-state index contributed by atoms with van der Waals surface area (Å²) in [4.78, 5) is 0. The van der Waals surface area contributed by atoms with Crippen molar-refractivity contribution < 1.29 is 12.8 Å². The Hall–Kier alpha value is -0.850. The molecule has 1 atom stereocenters. The molecule has 3 rings (SSSR count). The average Bonchev–Trinajstić information content (AvgIpc) is 3.13. The maximum atomic E-state index is 12.6. The second-order valence-electron chi connectivity index (χ2n) is 5.84. The van der Waals surface area contributed by atoms with Crippen LogP contribution in [0.5, 0.6) is 0 Å². The van der Waals surface area contributed by atoms with Gasteiger partial charge in [0.25, 0.3) is 10.0 Å². The molecule has 112 valence electrons. The van der Waals surface area contributed by atoms with Crippen LogP contribution in [-0.4, -0.2) is 31.4 Å². The number of piperidine rings is 1. The van der Waals surface area contributed by atoms with E-state index in [4.69, 9.17) is 4.42 Å². The molecule has 1 N–H and O–H groups in total. The number of hydrogen-bond acceptors (Lipinski definition) is 4. The summed E-state index contributed by atoms with van der Waals surface area (Å²) in [6.07, 6.45) is 5.37. The van der Waals surface area contributed by atoms with E-state index in [1.54, 1.807) is 16.4 Å². The SMILES string of the molecule is CC1CCCCN1S(=O)(=O)c1ccc(CNC2CC2)o1. The molecule has 1 aliphatic heterocycles. The van der Waals surface area contributed by atoms with Gasteiger partial charge in [-0.05, 0) is 44.7 Å². The molecule has 1 unspecified atom stereocenters. The molecule has 0 aromatic carbocycles. The Kier molecular flexibility index (Phi) is 3.88. The summed E-state index contributed by atoms with van der Waals surface area (Å²) in [5.41, 5.74) is 0. The molecule has 5 nitrogen and oxygen atoms in total. The molecule has 1 aromatic heterocycles. The van der Waals surface area contributed by atoms with Gasteiger partial charge in [0.2, 0.25) is 5.09 Å². The van der Waals surface area contributed by atoms with Crippen molar-refractivity contribution in [3.8, 4) is 0 Å². The van der Waals surface area contributed by atoms with Crippen molar-refractivity contribution >= 4 is 10.0 Å². The number of nitrogens with zero attached hydrogens (tertiary/aromatic N) is 1. The first kappa shape index (κ1) is 14.1. The summed E-state index contributed by atoms with van der Waals surface area (Å²) in [7, 11) is -3.47. The van der Waals surface area contributed by atoms with Crippen molar-refractivity contribution in [3.63, 3.8) is 0 Å². The van der Waals surface area contributed by atoms with Crippen LogP contribution in [0.15, 0.2) is 21.6 Å². The number of hydrogen-bond donors (Lipinski definition) is 1. The van der Waals surface area contributed by atoms with E-state index in [1.807, 2.05) is 6.92 Å². The van der Waals surface area contributed by atoms with Gasteiger partial charge >= 0.3 is 0 Å². The molecule has 2 heterocycles. The summed E-state index contributed by atoms with van der Waals surface area (Å²) in [6, 6.07) is 3.99. The van der Waals surface area contributed by atoms with Gasteiger partial charge in [-0.15, -0.1) is 0 Å². The van der Waals surface area contributed by atoms with Crippen LogP contribution in [-0.2, 0) is 16.6 Å². The number of nitrogens with one attached hydrogen (secondary N) is 1. The van der Waals surface area contributed by atoms with Crippen LogP contribution < -0.4 is 5.32 Å². The quantitative estimate of drug-likeness (QED) is 0.904. The van der Waals surface area contributed by atoms with Gasteiger partial charge in [-0.1, -0.05) is 6.42 Å². The molecular weight excluding hydrogens is 276 g/mol. The third-order valence-corrected chi connectivity index (χ3v) is 5.97.